The lowest BCUT2D eigenvalue weighted by Gasteiger charge is -2.02. The van der Waals surface area contributed by atoms with Crippen molar-refractivity contribution in [2.24, 2.45) is 0 Å². The molecular weight excluding hydrogens is 182 g/mol. The Balaban J connectivity index is 2.18. The van der Waals surface area contributed by atoms with Crippen molar-refractivity contribution < 1.29 is 9.63 Å². The second-order valence-corrected chi connectivity index (χ2v) is 3.02. The van der Waals surface area contributed by atoms with Gasteiger partial charge in [-0.3, -0.25) is 0 Å². The lowest BCUT2D eigenvalue weighted by atomic mass is 10.4. The standard InChI is InChI=1S/C9H11N3O2/c1-7-10-9(14-11-7)5-12-4-2-3-8(12)6-13/h2-4,13H,5-6H2,1H3. The molecule has 0 unspecified atom stereocenters. The number of hydrogen-bond acceptors (Lipinski definition) is 4. The lowest BCUT2D eigenvalue weighted by Crippen LogP contribution is -2.03. The minimum atomic E-state index is 0.0140. The Hall–Kier alpha value is -1.62. The fraction of sp³-hybridized carbons (Fsp3) is 0.333. The number of aromatic nitrogens is 3. The Labute approximate surface area is 81.0 Å². The summed E-state index contributed by atoms with van der Waals surface area (Å²) in [5.41, 5.74) is 0.834. The Kier molecular flexibility index (Phi) is 2.32. The third-order valence-electron chi connectivity index (χ3n) is 1.96. The van der Waals surface area contributed by atoms with Gasteiger partial charge in [0, 0.05) is 11.9 Å². The normalized spacial score (nSPS) is 10.7. The molecule has 74 valence electrons. The summed E-state index contributed by atoms with van der Waals surface area (Å²) in [6.07, 6.45) is 1.87. The Morgan fingerprint density at radius 2 is 2.43 bits per heavy atom. The molecule has 5 heteroatoms. The number of nitrogens with zero attached hydrogens (tertiary/aromatic N) is 3. The van der Waals surface area contributed by atoms with Crippen molar-refractivity contribution in [2.75, 3.05) is 0 Å². The molecule has 0 aromatic carbocycles. The van der Waals surface area contributed by atoms with Crippen molar-refractivity contribution in [1.29, 1.82) is 0 Å². The van der Waals surface area contributed by atoms with E-state index in [1.807, 2.05) is 22.9 Å². The summed E-state index contributed by atoms with van der Waals surface area (Å²) in [5.74, 6) is 1.17. The van der Waals surface area contributed by atoms with E-state index in [4.69, 9.17) is 9.63 Å². The molecule has 0 spiro atoms. The topological polar surface area (TPSA) is 64.1 Å². The minimum Gasteiger partial charge on any atom is -0.390 e. The fourth-order valence-electron chi connectivity index (χ4n) is 1.30. The van der Waals surface area contributed by atoms with Gasteiger partial charge in [-0.2, -0.15) is 4.98 Å². The van der Waals surface area contributed by atoms with Crippen LogP contribution < -0.4 is 0 Å². The van der Waals surface area contributed by atoms with Crippen LogP contribution in [0.25, 0.3) is 0 Å². The van der Waals surface area contributed by atoms with Crippen LogP contribution in [0.3, 0.4) is 0 Å². The zero-order valence-corrected chi connectivity index (χ0v) is 7.84. The molecule has 2 aromatic rings. The minimum absolute atomic E-state index is 0.0140. The number of aliphatic hydroxyl groups is 1. The van der Waals surface area contributed by atoms with Crippen LogP contribution in [0.4, 0.5) is 0 Å². The van der Waals surface area contributed by atoms with Crippen LogP contribution in [-0.4, -0.2) is 19.8 Å². The monoisotopic (exact) mass is 193 g/mol. The lowest BCUT2D eigenvalue weighted by molar-refractivity contribution is 0.269. The molecule has 2 heterocycles. The molecule has 0 aliphatic carbocycles. The maximum Gasteiger partial charge on any atom is 0.246 e. The maximum absolute atomic E-state index is 9.00. The van der Waals surface area contributed by atoms with E-state index in [1.54, 1.807) is 6.92 Å². The number of aliphatic hydroxyl groups excluding tert-OH is 1. The Morgan fingerprint density at radius 1 is 1.57 bits per heavy atom. The predicted octanol–water partition coefficient (Wildman–Crippen LogP) is 0.720. The van der Waals surface area contributed by atoms with Crippen LogP contribution in [0.2, 0.25) is 0 Å². The summed E-state index contributed by atoms with van der Waals surface area (Å²) in [6, 6.07) is 3.72. The molecular formula is C9H11N3O2. The van der Waals surface area contributed by atoms with Gasteiger partial charge in [0.2, 0.25) is 5.89 Å². The van der Waals surface area contributed by atoms with Crippen molar-refractivity contribution >= 4 is 0 Å². The largest absolute Gasteiger partial charge is 0.390 e. The van der Waals surface area contributed by atoms with Crippen molar-refractivity contribution in [3.05, 3.63) is 35.7 Å². The molecule has 0 bridgehead atoms. The predicted molar refractivity (Wildman–Crippen MR) is 48.5 cm³/mol. The van der Waals surface area contributed by atoms with E-state index in [-0.39, 0.29) is 6.61 Å². The van der Waals surface area contributed by atoms with Gasteiger partial charge in [-0.05, 0) is 19.1 Å². The smallest absolute Gasteiger partial charge is 0.246 e. The van der Waals surface area contributed by atoms with E-state index in [0.29, 0.717) is 18.3 Å². The van der Waals surface area contributed by atoms with Gasteiger partial charge in [0.05, 0.1) is 6.61 Å². The van der Waals surface area contributed by atoms with E-state index < -0.39 is 0 Å². The molecule has 0 fully saturated rings. The zero-order chi connectivity index (χ0) is 9.97. The molecule has 0 aliphatic rings. The van der Waals surface area contributed by atoms with Gasteiger partial charge in [-0.15, -0.1) is 0 Å². The molecule has 2 rings (SSSR count). The summed E-state index contributed by atoms with van der Waals surface area (Å²) in [5, 5.41) is 12.7. The van der Waals surface area contributed by atoms with Crippen LogP contribution in [0.15, 0.2) is 22.9 Å². The third kappa shape index (κ3) is 1.67. The molecule has 0 aliphatic heterocycles. The average molecular weight is 193 g/mol. The van der Waals surface area contributed by atoms with E-state index in [2.05, 4.69) is 10.1 Å². The van der Waals surface area contributed by atoms with Crippen LogP contribution in [0, 0.1) is 6.92 Å². The quantitative estimate of drug-likeness (QED) is 0.780. The highest BCUT2D eigenvalue weighted by Crippen LogP contribution is 2.06. The number of aryl methyl sites for hydroxylation is 1. The highest BCUT2D eigenvalue weighted by atomic mass is 16.5. The zero-order valence-electron chi connectivity index (χ0n) is 7.84. The van der Waals surface area contributed by atoms with Gasteiger partial charge < -0.3 is 14.2 Å². The Morgan fingerprint density at radius 3 is 3.07 bits per heavy atom. The molecule has 0 amide bonds. The van der Waals surface area contributed by atoms with Crippen LogP contribution in [0.1, 0.15) is 17.4 Å². The maximum atomic E-state index is 9.00. The van der Waals surface area contributed by atoms with E-state index in [9.17, 15) is 0 Å². The van der Waals surface area contributed by atoms with Gasteiger partial charge in [-0.25, -0.2) is 0 Å². The molecule has 5 nitrogen and oxygen atoms in total. The summed E-state index contributed by atoms with van der Waals surface area (Å²) in [6.45, 7) is 2.29. The summed E-state index contributed by atoms with van der Waals surface area (Å²) >= 11 is 0. The van der Waals surface area contributed by atoms with Crippen molar-refractivity contribution in [2.45, 2.75) is 20.1 Å². The van der Waals surface area contributed by atoms with Crippen LogP contribution >= 0.6 is 0 Å². The van der Waals surface area contributed by atoms with E-state index in [1.165, 1.54) is 0 Å². The van der Waals surface area contributed by atoms with E-state index >= 15 is 0 Å². The highest BCUT2D eigenvalue weighted by molar-refractivity contribution is 5.07. The molecule has 0 radical (unpaired) electrons. The molecule has 1 N–H and O–H groups in total. The summed E-state index contributed by atoms with van der Waals surface area (Å²) < 4.78 is 6.84. The van der Waals surface area contributed by atoms with Gasteiger partial charge in [0.1, 0.15) is 6.54 Å². The van der Waals surface area contributed by atoms with Gasteiger partial charge in [-0.1, -0.05) is 5.16 Å². The molecule has 2 aromatic heterocycles. The molecule has 0 saturated heterocycles. The first-order valence-corrected chi connectivity index (χ1v) is 4.33. The molecule has 0 saturated carbocycles. The third-order valence-corrected chi connectivity index (χ3v) is 1.96. The average Bonchev–Trinajstić information content (AvgIpc) is 2.76. The van der Waals surface area contributed by atoms with Gasteiger partial charge in [0.15, 0.2) is 5.82 Å². The summed E-state index contributed by atoms with van der Waals surface area (Å²) in [4.78, 5) is 4.08. The highest BCUT2D eigenvalue weighted by Gasteiger charge is 2.05. The van der Waals surface area contributed by atoms with Crippen LogP contribution in [0.5, 0.6) is 0 Å². The van der Waals surface area contributed by atoms with Crippen molar-refractivity contribution in [1.82, 2.24) is 14.7 Å². The molecule has 0 atom stereocenters. The molecule has 14 heavy (non-hydrogen) atoms. The van der Waals surface area contributed by atoms with Gasteiger partial charge in [0.25, 0.3) is 0 Å². The second-order valence-electron chi connectivity index (χ2n) is 3.02. The fourth-order valence-corrected chi connectivity index (χ4v) is 1.30. The Bertz CT molecular complexity index is 419. The first kappa shape index (κ1) is 8.96. The number of hydrogen-bond donors (Lipinski definition) is 1. The van der Waals surface area contributed by atoms with Crippen molar-refractivity contribution in [3.8, 4) is 0 Å². The number of rotatable bonds is 3. The van der Waals surface area contributed by atoms with Gasteiger partial charge >= 0.3 is 0 Å². The summed E-state index contributed by atoms with van der Waals surface area (Å²) in [7, 11) is 0. The van der Waals surface area contributed by atoms with Crippen LogP contribution in [-0.2, 0) is 13.2 Å². The van der Waals surface area contributed by atoms with Crippen molar-refractivity contribution in [3.63, 3.8) is 0 Å². The second kappa shape index (κ2) is 3.63. The van der Waals surface area contributed by atoms with E-state index in [0.717, 1.165) is 5.69 Å². The SMILES string of the molecule is Cc1noc(Cn2cccc2CO)n1. The first-order chi connectivity index (χ1) is 6.79. The first-order valence-electron chi connectivity index (χ1n) is 4.33.